The summed E-state index contributed by atoms with van der Waals surface area (Å²) >= 11 is 1.11. The van der Waals surface area contributed by atoms with Crippen LogP contribution in [0.2, 0.25) is 0 Å². The zero-order valence-corrected chi connectivity index (χ0v) is 11.0. The first-order valence-corrected chi connectivity index (χ1v) is 7.12. The Bertz CT molecular complexity index is 681. The molecule has 2 aromatic rings. The third kappa shape index (κ3) is 3.00. The van der Waals surface area contributed by atoms with Crippen LogP contribution in [0.1, 0.15) is 5.89 Å². The van der Waals surface area contributed by atoms with Crippen molar-refractivity contribution in [2.24, 2.45) is 5.14 Å². The summed E-state index contributed by atoms with van der Waals surface area (Å²) in [7, 11) is -3.79. The summed E-state index contributed by atoms with van der Waals surface area (Å²) in [5, 5.41) is 12.8. The maximum Gasteiger partial charge on any atom is 0.281 e. The van der Waals surface area contributed by atoms with Crippen LogP contribution in [0.4, 0.5) is 5.69 Å². The fraction of sp³-hybridized carbons (Fsp3) is 0.111. The molecule has 2 rings (SSSR count). The van der Waals surface area contributed by atoms with E-state index in [-0.39, 0.29) is 4.90 Å². The van der Waals surface area contributed by atoms with Gasteiger partial charge in [0, 0.05) is 17.5 Å². The number of nitrogen functional groups attached to an aromatic ring is 1. The monoisotopic (exact) mass is 286 g/mol. The van der Waals surface area contributed by atoms with Gasteiger partial charge in [-0.05, 0) is 30.0 Å². The Morgan fingerprint density at radius 2 is 2.00 bits per heavy atom. The second-order valence-corrected chi connectivity index (χ2v) is 6.06. The zero-order chi connectivity index (χ0) is 13.3. The Morgan fingerprint density at radius 1 is 1.28 bits per heavy atom. The minimum Gasteiger partial charge on any atom is -0.416 e. The van der Waals surface area contributed by atoms with Gasteiger partial charge in [0.1, 0.15) is 0 Å². The first-order chi connectivity index (χ1) is 8.34. The number of aryl methyl sites for hydroxylation is 1. The van der Waals surface area contributed by atoms with E-state index in [0.29, 0.717) is 21.7 Å². The Labute approximate surface area is 108 Å². The van der Waals surface area contributed by atoms with E-state index in [4.69, 9.17) is 15.3 Å². The lowest BCUT2D eigenvalue weighted by Gasteiger charge is -2.03. The second kappa shape index (κ2) is 4.59. The van der Waals surface area contributed by atoms with E-state index in [9.17, 15) is 8.42 Å². The van der Waals surface area contributed by atoms with Gasteiger partial charge in [-0.2, -0.15) is 0 Å². The molecule has 18 heavy (non-hydrogen) atoms. The number of sulfonamides is 1. The van der Waals surface area contributed by atoms with Crippen LogP contribution in [-0.4, -0.2) is 18.6 Å². The average Bonchev–Trinajstić information content (AvgIpc) is 2.61. The molecule has 1 heterocycles. The van der Waals surface area contributed by atoms with Crippen LogP contribution in [0.25, 0.3) is 0 Å². The minimum atomic E-state index is -3.79. The summed E-state index contributed by atoms with van der Waals surface area (Å²) < 4.78 is 27.7. The predicted molar refractivity (Wildman–Crippen MR) is 65.4 cm³/mol. The molecule has 0 aliphatic heterocycles. The summed E-state index contributed by atoms with van der Waals surface area (Å²) in [6.45, 7) is 1.66. The van der Waals surface area contributed by atoms with E-state index in [0.717, 1.165) is 11.8 Å². The van der Waals surface area contributed by atoms with Crippen molar-refractivity contribution in [3.63, 3.8) is 0 Å². The molecule has 0 atom stereocenters. The standard InChI is InChI=1S/C9H10N4O3S2/c1-5-12-13-9(16-5)17-7-2-6(10)3-8(4-7)18(11,14)15/h2-4H,10H2,1H3,(H2,11,14,15). The van der Waals surface area contributed by atoms with Crippen molar-refractivity contribution in [1.29, 1.82) is 0 Å². The number of benzene rings is 1. The summed E-state index contributed by atoms with van der Waals surface area (Å²) in [6, 6.07) is 4.28. The number of primary sulfonamides is 1. The summed E-state index contributed by atoms with van der Waals surface area (Å²) in [4.78, 5) is 0.504. The van der Waals surface area contributed by atoms with Gasteiger partial charge in [0.15, 0.2) is 0 Å². The molecule has 0 fully saturated rings. The quantitative estimate of drug-likeness (QED) is 0.798. The lowest BCUT2D eigenvalue weighted by atomic mass is 10.3. The number of nitrogens with two attached hydrogens (primary N) is 2. The molecule has 9 heteroatoms. The van der Waals surface area contributed by atoms with E-state index in [2.05, 4.69) is 10.2 Å². The predicted octanol–water partition coefficient (Wildman–Crippen LogP) is 0.759. The highest BCUT2D eigenvalue weighted by atomic mass is 32.2. The zero-order valence-electron chi connectivity index (χ0n) is 9.32. The van der Waals surface area contributed by atoms with Gasteiger partial charge in [-0.3, -0.25) is 0 Å². The average molecular weight is 286 g/mol. The molecule has 0 aliphatic carbocycles. The van der Waals surface area contributed by atoms with Crippen molar-refractivity contribution in [1.82, 2.24) is 10.2 Å². The number of nitrogens with zero attached hydrogens (tertiary/aromatic N) is 2. The van der Waals surface area contributed by atoms with Crippen molar-refractivity contribution in [3.05, 3.63) is 24.1 Å². The van der Waals surface area contributed by atoms with Gasteiger partial charge < -0.3 is 10.2 Å². The molecule has 1 aromatic carbocycles. The highest BCUT2D eigenvalue weighted by molar-refractivity contribution is 7.99. The molecule has 0 saturated carbocycles. The van der Waals surface area contributed by atoms with Gasteiger partial charge in [-0.1, -0.05) is 0 Å². The molecule has 7 nitrogen and oxygen atoms in total. The van der Waals surface area contributed by atoms with Crippen molar-refractivity contribution >= 4 is 27.5 Å². The lowest BCUT2D eigenvalue weighted by molar-refractivity contribution is 0.429. The number of aromatic nitrogens is 2. The molecule has 1 aromatic heterocycles. The van der Waals surface area contributed by atoms with E-state index >= 15 is 0 Å². The molecule has 0 spiro atoms. The second-order valence-electron chi connectivity index (χ2n) is 3.47. The van der Waals surface area contributed by atoms with E-state index < -0.39 is 10.0 Å². The smallest absolute Gasteiger partial charge is 0.281 e. The van der Waals surface area contributed by atoms with Crippen LogP contribution in [0.15, 0.2) is 37.6 Å². The number of anilines is 1. The Morgan fingerprint density at radius 3 is 2.56 bits per heavy atom. The van der Waals surface area contributed by atoms with Gasteiger partial charge in [0.2, 0.25) is 15.9 Å². The summed E-state index contributed by atoms with van der Waals surface area (Å²) in [6.07, 6.45) is 0. The van der Waals surface area contributed by atoms with Crippen LogP contribution < -0.4 is 10.9 Å². The lowest BCUT2D eigenvalue weighted by Crippen LogP contribution is -2.12. The number of hydrogen-bond acceptors (Lipinski definition) is 7. The van der Waals surface area contributed by atoms with Crippen molar-refractivity contribution in [2.45, 2.75) is 21.9 Å². The molecule has 0 aliphatic rings. The van der Waals surface area contributed by atoms with Gasteiger partial charge in [-0.15, -0.1) is 10.2 Å². The van der Waals surface area contributed by atoms with E-state index in [1.807, 2.05) is 0 Å². The van der Waals surface area contributed by atoms with E-state index in [1.165, 1.54) is 12.1 Å². The highest BCUT2D eigenvalue weighted by Crippen LogP contribution is 2.29. The molecule has 4 N–H and O–H groups in total. The first kappa shape index (κ1) is 12.9. The van der Waals surface area contributed by atoms with Gasteiger partial charge >= 0.3 is 0 Å². The molecular formula is C9H10N4O3S2. The topological polar surface area (TPSA) is 125 Å². The SMILES string of the molecule is Cc1nnc(Sc2cc(N)cc(S(N)(=O)=O)c2)o1. The van der Waals surface area contributed by atoms with Crippen molar-refractivity contribution in [2.75, 3.05) is 5.73 Å². The normalized spacial score (nSPS) is 11.7. The first-order valence-electron chi connectivity index (χ1n) is 4.76. The maximum absolute atomic E-state index is 11.3. The molecule has 96 valence electrons. The fourth-order valence-corrected chi connectivity index (χ4v) is 2.73. The number of rotatable bonds is 3. The van der Waals surface area contributed by atoms with Gasteiger partial charge in [0.25, 0.3) is 5.22 Å². The van der Waals surface area contributed by atoms with Crippen LogP contribution in [0.3, 0.4) is 0 Å². The van der Waals surface area contributed by atoms with Crippen LogP contribution in [0.5, 0.6) is 0 Å². The van der Waals surface area contributed by atoms with Crippen molar-refractivity contribution < 1.29 is 12.8 Å². The molecule has 0 bridgehead atoms. The Hall–Kier alpha value is -1.58. The third-order valence-electron chi connectivity index (χ3n) is 1.94. The van der Waals surface area contributed by atoms with E-state index in [1.54, 1.807) is 13.0 Å². The highest BCUT2D eigenvalue weighted by Gasteiger charge is 2.12. The Kier molecular flexibility index (Phi) is 3.28. The minimum absolute atomic E-state index is 0.0544. The van der Waals surface area contributed by atoms with Crippen LogP contribution in [-0.2, 0) is 10.0 Å². The molecule has 0 amide bonds. The summed E-state index contributed by atoms with van der Waals surface area (Å²) in [5.41, 5.74) is 5.91. The molecule has 0 radical (unpaired) electrons. The maximum atomic E-state index is 11.3. The third-order valence-corrected chi connectivity index (χ3v) is 3.65. The van der Waals surface area contributed by atoms with Gasteiger partial charge in [-0.25, -0.2) is 13.6 Å². The van der Waals surface area contributed by atoms with Crippen LogP contribution in [0, 0.1) is 6.92 Å². The fourth-order valence-electron chi connectivity index (χ4n) is 1.24. The molecule has 0 saturated heterocycles. The van der Waals surface area contributed by atoms with Gasteiger partial charge in [0.05, 0.1) is 4.90 Å². The molecular weight excluding hydrogens is 276 g/mol. The van der Waals surface area contributed by atoms with Crippen LogP contribution >= 0.6 is 11.8 Å². The van der Waals surface area contributed by atoms with Crippen molar-refractivity contribution in [3.8, 4) is 0 Å². The largest absolute Gasteiger partial charge is 0.416 e. The Balaban J connectivity index is 2.37. The summed E-state index contributed by atoms with van der Waals surface area (Å²) in [5.74, 6) is 0.424. The molecule has 0 unspecified atom stereocenters. The number of hydrogen-bond donors (Lipinski definition) is 2.